The zero-order chi connectivity index (χ0) is 39.9. The Kier molecular flexibility index (Phi) is 15.7. The molecule has 2 saturated heterocycles. The summed E-state index contributed by atoms with van der Waals surface area (Å²) in [6, 6.07) is 4.49. The lowest BCUT2D eigenvalue weighted by Gasteiger charge is -2.48. The first-order chi connectivity index (χ1) is 24.7. The Morgan fingerprint density at radius 1 is 1.04 bits per heavy atom. The predicted molar refractivity (Wildman–Crippen MR) is 191 cm³/mol. The van der Waals surface area contributed by atoms with E-state index in [2.05, 4.69) is 5.32 Å². The molecule has 0 saturated carbocycles. The van der Waals surface area contributed by atoms with Gasteiger partial charge < -0.3 is 49.2 Å². The van der Waals surface area contributed by atoms with E-state index < -0.39 is 95.1 Å². The second-order valence-electron chi connectivity index (χ2n) is 15.1. The largest absolute Gasteiger partial charge is 0.461 e. The van der Waals surface area contributed by atoms with Crippen LogP contribution in [0.15, 0.2) is 24.3 Å². The number of methoxy groups -OCH3 is 1. The number of nitrogens with zero attached hydrogens (tertiary/aromatic N) is 2. The number of hydrogen-bond acceptors (Lipinski definition) is 14. The predicted octanol–water partition coefficient (Wildman–Crippen LogP) is 2.13. The number of benzene rings is 1. The van der Waals surface area contributed by atoms with Crippen molar-refractivity contribution in [2.75, 3.05) is 21.2 Å². The van der Waals surface area contributed by atoms with Crippen LogP contribution in [0.3, 0.4) is 0 Å². The highest BCUT2D eigenvalue weighted by molar-refractivity contribution is 5.79. The van der Waals surface area contributed by atoms with Gasteiger partial charge in [-0.2, -0.15) is 0 Å². The number of non-ortho nitro benzene ring substituents is 1. The first-order valence-electron chi connectivity index (χ1n) is 18.2. The van der Waals surface area contributed by atoms with Crippen molar-refractivity contribution in [3.05, 3.63) is 39.9 Å². The average Bonchev–Trinajstić information content (AvgIpc) is 3.10. The lowest BCUT2D eigenvalue weighted by atomic mass is 9.78. The Morgan fingerprint density at radius 2 is 1.66 bits per heavy atom. The van der Waals surface area contributed by atoms with Crippen molar-refractivity contribution in [3.8, 4) is 0 Å². The second-order valence-corrected chi connectivity index (χ2v) is 15.1. The van der Waals surface area contributed by atoms with Gasteiger partial charge in [-0.15, -0.1) is 0 Å². The number of hydrogen-bond donors (Lipinski definition) is 4. The number of aliphatic hydroxyl groups is 3. The average molecular weight is 754 g/mol. The molecule has 16 nitrogen and oxygen atoms in total. The number of esters is 2. The van der Waals surface area contributed by atoms with E-state index in [1.807, 2.05) is 25.9 Å². The molecule has 2 heterocycles. The van der Waals surface area contributed by atoms with Crippen LogP contribution in [-0.2, 0) is 44.5 Å². The summed E-state index contributed by atoms with van der Waals surface area (Å²) in [7, 11) is 5.13. The minimum atomic E-state index is -1.62. The normalized spacial score (nSPS) is 37.9. The van der Waals surface area contributed by atoms with Crippen molar-refractivity contribution in [1.82, 2.24) is 10.2 Å². The SMILES string of the molecule is CC[C@H]1OC(=O)[C@H](C)[C@@H](OC(=O)Cc2ccc([N+](=O)[O-])cc2)[C@H](C)[C@@H](O[C@@H]2O[C@H](C)C[C@@H](N(C)C)[C@H]2O)[C@](C)(OC)C[C@@H](C)NC(=O)[C@H](C)[C@H](O)[C@@H]1O. The number of nitro groups is 1. The monoisotopic (exact) mass is 753 g/mol. The third-order valence-electron chi connectivity index (χ3n) is 10.7. The van der Waals surface area contributed by atoms with Gasteiger partial charge in [0.2, 0.25) is 5.91 Å². The van der Waals surface area contributed by atoms with Gasteiger partial charge in [0.1, 0.15) is 24.4 Å². The standard InChI is InChI=1S/C37H59N3O13/c1-11-27-31(44)29(42)21(4)34(45)38-19(2)18-37(7,49-10)33(53-36-30(43)26(39(8)9)16-20(3)50-36)22(5)32(23(6)35(46)51-27)52-28(41)17-24-12-14-25(15-13-24)40(47)48/h12-15,19-23,26-27,29-33,36,42-44H,11,16-18H2,1-10H3,(H,38,45)/t19-,20-,21-,22+,23-,26-,27-,29+,30-,31-,32+,33-,36+,37-/m1/s1. The molecule has 1 aromatic rings. The summed E-state index contributed by atoms with van der Waals surface area (Å²) in [5.74, 6) is -5.30. The maximum absolute atomic E-state index is 13.9. The quantitative estimate of drug-likeness (QED) is 0.162. The van der Waals surface area contributed by atoms with Crippen LogP contribution < -0.4 is 5.32 Å². The molecule has 0 bridgehead atoms. The number of carbonyl (C=O) groups excluding carboxylic acids is 3. The van der Waals surface area contributed by atoms with Crippen LogP contribution in [0.5, 0.6) is 0 Å². The van der Waals surface area contributed by atoms with Crippen molar-refractivity contribution in [3.63, 3.8) is 0 Å². The Hall–Kier alpha value is -3.25. The highest BCUT2D eigenvalue weighted by Crippen LogP contribution is 2.38. The van der Waals surface area contributed by atoms with E-state index in [1.165, 1.54) is 45.2 Å². The summed E-state index contributed by atoms with van der Waals surface area (Å²) in [6.45, 7) is 11.7. The number of amides is 1. The van der Waals surface area contributed by atoms with Gasteiger partial charge in [-0.05, 0) is 66.6 Å². The van der Waals surface area contributed by atoms with Crippen LogP contribution in [0.1, 0.15) is 73.3 Å². The van der Waals surface area contributed by atoms with Gasteiger partial charge >= 0.3 is 11.9 Å². The first-order valence-corrected chi connectivity index (χ1v) is 18.2. The van der Waals surface area contributed by atoms with E-state index >= 15 is 0 Å². The maximum atomic E-state index is 13.9. The number of cyclic esters (lactones) is 1. The number of ether oxygens (including phenoxy) is 5. The number of nitrogens with one attached hydrogen (secondary N) is 1. The molecule has 0 aromatic heterocycles. The highest BCUT2D eigenvalue weighted by atomic mass is 16.7. The van der Waals surface area contributed by atoms with Crippen molar-refractivity contribution in [2.24, 2.45) is 17.8 Å². The zero-order valence-corrected chi connectivity index (χ0v) is 32.5. The van der Waals surface area contributed by atoms with Crippen LogP contribution in [0, 0.1) is 27.9 Å². The summed E-state index contributed by atoms with van der Waals surface area (Å²) >= 11 is 0. The summed E-state index contributed by atoms with van der Waals surface area (Å²) in [5.41, 5.74) is -1.01. The van der Waals surface area contributed by atoms with Crippen molar-refractivity contribution >= 4 is 23.5 Å². The lowest BCUT2D eigenvalue weighted by Crippen LogP contribution is -2.60. The molecule has 3 rings (SSSR count). The van der Waals surface area contributed by atoms with Crippen LogP contribution in [0.25, 0.3) is 0 Å². The smallest absolute Gasteiger partial charge is 0.312 e. The fourth-order valence-electron chi connectivity index (χ4n) is 7.36. The minimum Gasteiger partial charge on any atom is -0.461 e. The molecule has 16 heteroatoms. The number of carbonyl (C=O) groups is 3. The number of aliphatic hydroxyl groups excluding tert-OH is 3. The van der Waals surface area contributed by atoms with E-state index in [0.717, 1.165) is 0 Å². The van der Waals surface area contributed by atoms with Gasteiger partial charge in [-0.1, -0.05) is 32.9 Å². The van der Waals surface area contributed by atoms with Crippen LogP contribution in [-0.4, -0.2) is 131 Å². The molecule has 53 heavy (non-hydrogen) atoms. The van der Waals surface area contributed by atoms with E-state index in [1.54, 1.807) is 27.7 Å². The fraction of sp³-hybridized carbons (Fsp3) is 0.757. The molecule has 0 aliphatic carbocycles. The molecule has 2 aliphatic heterocycles. The Balaban J connectivity index is 2.15. The van der Waals surface area contributed by atoms with Crippen LogP contribution >= 0.6 is 0 Å². The minimum absolute atomic E-state index is 0.0944. The first kappa shape index (κ1) is 44.1. The molecule has 0 radical (unpaired) electrons. The Morgan fingerprint density at radius 3 is 2.21 bits per heavy atom. The van der Waals surface area contributed by atoms with Gasteiger partial charge in [0, 0.05) is 37.2 Å². The summed E-state index contributed by atoms with van der Waals surface area (Å²) in [6.07, 6.45) is -8.88. The van der Waals surface area contributed by atoms with Gasteiger partial charge in [-0.25, -0.2) is 0 Å². The zero-order valence-electron chi connectivity index (χ0n) is 32.5. The molecule has 1 aromatic carbocycles. The molecule has 0 unspecified atom stereocenters. The van der Waals surface area contributed by atoms with Gasteiger partial charge in [-0.3, -0.25) is 24.5 Å². The topological polar surface area (TPSA) is 216 Å². The molecular weight excluding hydrogens is 694 g/mol. The fourth-order valence-corrected chi connectivity index (χ4v) is 7.36. The molecule has 2 fully saturated rings. The van der Waals surface area contributed by atoms with Crippen molar-refractivity contribution < 1.29 is 58.3 Å². The van der Waals surface area contributed by atoms with E-state index in [0.29, 0.717) is 12.0 Å². The van der Waals surface area contributed by atoms with E-state index in [4.69, 9.17) is 23.7 Å². The van der Waals surface area contributed by atoms with Crippen LogP contribution in [0.4, 0.5) is 5.69 Å². The van der Waals surface area contributed by atoms with Crippen LogP contribution in [0.2, 0.25) is 0 Å². The lowest BCUT2D eigenvalue weighted by molar-refractivity contribution is -0.384. The van der Waals surface area contributed by atoms with Crippen molar-refractivity contribution in [2.45, 2.75) is 141 Å². The van der Waals surface area contributed by atoms with E-state index in [9.17, 15) is 39.8 Å². The Labute approximate surface area is 311 Å². The molecule has 300 valence electrons. The highest BCUT2D eigenvalue weighted by Gasteiger charge is 2.50. The van der Waals surface area contributed by atoms with Gasteiger partial charge in [0.25, 0.3) is 5.69 Å². The molecule has 4 N–H and O–H groups in total. The Bertz CT molecular complexity index is 1400. The van der Waals surface area contributed by atoms with Gasteiger partial charge in [0.15, 0.2) is 6.29 Å². The number of likely N-dealkylation sites (N-methyl/N-ethyl adjacent to an activating group) is 1. The molecule has 14 atom stereocenters. The second kappa shape index (κ2) is 18.9. The number of rotatable bonds is 9. The third-order valence-corrected chi connectivity index (χ3v) is 10.7. The molecule has 2 aliphatic rings. The van der Waals surface area contributed by atoms with Gasteiger partial charge in [0.05, 0.1) is 47.1 Å². The summed E-state index contributed by atoms with van der Waals surface area (Å²) in [4.78, 5) is 53.4. The third kappa shape index (κ3) is 10.9. The molecule has 0 spiro atoms. The maximum Gasteiger partial charge on any atom is 0.312 e. The molecule has 1 amide bonds. The molecular formula is C37H59N3O13. The van der Waals surface area contributed by atoms with E-state index in [-0.39, 0.29) is 37.1 Å². The van der Waals surface area contributed by atoms with Crippen molar-refractivity contribution in [1.29, 1.82) is 0 Å². The summed E-state index contributed by atoms with van der Waals surface area (Å²) < 4.78 is 30.8. The number of nitro benzene ring substituents is 1. The summed E-state index contributed by atoms with van der Waals surface area (Å²) in [5, 5.41) is 47.6.